The molecule has 1 heterocycles. The van der Waals surface area contributed by atoms with Crippen LogP contribution in [0, 0.1) is 13.8 Å². The summed E-state index contributed by atoms with van der Waals surface area (Å²) in [6.45, 7) is 4.60. The summed E-state index contributed by atoms with van der Waals surface area (Å²) in [5.41, 5.74) is 2.77. The molecule has 0 aliphatic heterocycles. The molecule has 1 amide bonds. The molecule has 2 rings (SSSR count). The lowest BCUT2D eigenvalue weighted by Crippen LogP contribution is -2.32. The lowest BCUT2D eigenvalue weighted by atomic mass is 10.1. The zero-order chi connectivity index (χ0) is 15.2. The van der Waals surface area contributed by atoms with E-state index in [1.807, 2.05) is 38.1 Å². The van der Waals surface area contributed by atoms with Crippen LogP contribution in [-0.4, -0.2) is 22.2 Å². The number of hydrogen-bond donors (Lipinski definition) is 1. The van der Waals surface area contributed by atoms with E-state index in [0.717, 1.165) is 11.3 Å². The van der Waals surface area contributed by atoms with Gasteiger partial charge in [-0.05, 0) is 25.5 Å². The smallest absolute Gasteiger partial charge is 0.266 e. The van der Waals surface area contributed by atoms with Gasteiger partial charge < -0.3 is 5.32 Å². The molecule has 0 aliphatic carbocycles. The maximum absolute atomic E-state index is 11.8. The summed E-state index contributed by atoms with van der Waals surface area (Å²) < 4.78 is 1.36. The minimum Gasteiger partial charge on any atom is -0.354 e. The molecule has 0 aliphatic rings. The number of amides is 1. The van der Waals surface area contributed by atoms with E-state index in [9.17, 15) is 9.59 Å². The Kier molecular flexibility index (Phi) is 4.87. The zero-order valence-corrected chi connectivity index (χ0v) is 12.3. The standard InChI is InChI=1S/C16H19N3O2/c1-12-3-6-14(7-4-12)11-15(20)17-9-10-19-16(21)8-5-13(2)18-19/h3-8H,9-11H2,1-2H3,(H,17,20). The predicted octanol–water partition coefficient (Wildman–Crippen LogP) is 1.22. The largest absolute Gasteiger partial charge is 0.354 e. The van der Waals surface area contributed by atoms with Gasteiger partial charge in [0, 0.05) is 12.6 Å². The molecule has 1 aromatic heterocycles. The highest BCUT2D eigenvalue weighted by Crippen LogP contribution is 2.03. The third kappa shape index (κ3) is 4.56. The fourth-order valence-electron chi connectivity index (χ4n) is 1.97. The van der Waals surface area contributed by atoms with E-state index in [4.69, 9.17) is 0 Å². The Hall–Kier alpha value is -2.43. The molecule has 0 atom stereocenters. The average Bonchev–Trinajstić information content (AvgIpc) is 2.45. The zero-order valence-electron chi connectivity index (χ0n) is 12.3. The Balaban J connectivity index is 1.83. The number of benzene rings is 1. The summed E-state index contributed by atoms with van der Waals surface area (Å²) in [5.74, 6) is -0.0560. The van der Waals surface area contributed by atoms with Crippen molar-refractivity contribution in [3.8, 4) is 0 Å². The maximum atomic E-state index is 11.8. The van der Waals surface area contributed by atoms with Crippen LogP contribution in [0.4, 0.5) is 0 Å². The van der Waals surface area contributed by atoms with Gasteiger partial charge in [-0.3, -0.25) is 9.59 Å². The molecule has 0 fully saturated rings. The first-order chi connectivity index (χ1) is 10.0. The molecule has 0 saturated heterocycles. The lowest BCUT2D eigenvalue weighted by molar-refractivity contribution is -0.120. The molecule has 2 aromatic rings. The summed E-state index contributed by atoms with van der Waals surface area (Å²) in [4.78, 5) is 23.4. The summed E-state index contributed by atoms with van der Waals surface area (Å²) in [6, 6.07) is 11.0. The molecule has 0 saturated carbocycles. The van der Waals surface area contributed by atoms with Crippen molar-refractivity contribution in [1.29, 1.82) is 0 Å². The second-order valence-corrected chi connectivity index (χ2v) is 5.05. The van der Waals surface area contributed by atoms with Crippen molar-refractivity contribution in [2.75, 3.05) is 6.54 Å². The molecule has 1 aromatic carbocycles. The van der Waals surface area contributed by atoms with Crippen molar-refractivity contribution in [2.24, 2.45) is 0 Å². The van der Waals surface area contributed by atoms with E-state index in [1.54, 1.807) is 6.07 Å². The number of rotatable bonds is 5. The van der Waals surface area contributed by atoms with E-state index in [2.05, 4.69) is 10.4 Å². The molecule has 21 heavy (non-hydrogen) atoms. The van der Waals surface area contributed by atoms with Gasteiger partial charge in [-0.15, -0.1) is 0 Å². The first-order valence-corrected chi connectivity index (χ1v) is 6.91. The lowest BCUT2D eigenvalue weighted by Gasteiger charge is -2.07. The van der Waals surface area contributed by atoms with Crippen LogP contribution in [0.15, 0.2) is 41.2 Å². The Bertz CT molecular complexity index is 675. The van der Waals surface area contributed by atoms with Crippen molar-refractivity contribution in [3.63, 3.8) is 0 Å². The van der Waals surface area contributed by atoms with Crippen molar-refractivity contribution in [3.05, 3.63) is 63.6 Å². The summed E-state index contributed by atoms with van der Waals surface area (Å²) in [7, 11) is 0. The molecule has 0 spiro atoms. The van der Waals surface area contributed by atoms with Crippen LogP contribution >= 0.6 is 0 Å². The second-order valence-electron chi connectivity index (χ2n) is 5.05. The van der Waals surface area contributed by atoms with Crippen LogP contribution in [0.2, 0.25) is 0 Å². The Labute approximate surface area is 123 Å². The first-order valence-electron chi connectivity index (χ1n) is 6.91. The van der Waals surface area contributed by atoms with Crippen molar-refractivity contribution in [1.82, 2.24) is 15.1 Å². The van der Waals surface area contributed by atoms with E-state index >= 15 is 0 Å². The fraction of sp³-hybridized carbons (Fsp3) is 0.312. The van der Waals surface area contributed by atoms with Gasteiger partial charge in [0.15, 0.2) is 0 Å². The average molecular weight is 285 g/mol. The van der Waals surface area contributed by atoms with Crippen LogP contribution in [0.25, 0.3) is 0 Å². The van der Waals surface area contributed by atoms with Gasteiger partial charge in [0.05, 0.1) is 18.7 Å². The van der Waals surface area contributed by atoms with Gasteiger partial charge in [-0.25, -0.2) is 4.68 Å². The molecule has 0 unspecified atom stereocenters. The normalized spacial score (nSPS) is 10.4. The second kappa shape index (κ2) is 6.83. The van der Waals surface area contributed by atoms with Gasteiger partial charge in [0.2, 0.25) is 5.91 Å². The molecule has 0 bridgehead atoms. The molecule has 5 heteroatoms. The van der Waals surface area contributed by atoms with Gasteiger partial charge in [0.1, 0.15) is 0 Å². The summed E-state index contributed by atoms with van der Waals surface area (Å²) in [6.07, 6.45) is 0.344. The van der Waals surface area contributed by atoms with E-state index in [1.165, 1.54) is 16.3 Å². The van der Waals surface area contributed by atoms with Crippen LogP contribution in [0.5, 0.6) is 0 Å². The molecule has 1 N–H and O–H groups in total. The third-order valence-corrected chi connectivity index (χ3v) is 3.13. The van der Waals surface area contributed by atoms with E-state index in [0.29, 0.717) is 19.5 Å². The number of carbonyl (C=O) groups excluding carboxylic acids is 1. The predicted molar refractivity (Wildman–Crippen MR) is 81.1 cm³/mol. The number of nitrogens with one attached hydrogen (secondary N) is 1. The van der Waals surface area contributed by atoms with Crippen molar-refractivity contribution < 1.29 is 4.79 Å². The van der Waals surface area contributed by atoms with Crippen LogP contribution in [0.3, 0.4) is 0 Å². The molecular weight excluding hydrogens is 266 g/mol. The molecular formula is C16H19N3O2. The molecule has 5 nitrogen and oxygen atoms in total. The quantitative estimate of drug-likeness (QED) is 0.898. The van der Waals surface area contributed by atoms with Gasteiger partial charge >= 0.3 is 0 Å². The minimum absolute atomic E-state index is 0.0560. The summed E-state index contributed by atoms with van der Waals surface area (Å²) >= 11 is 0. The van der Waals surface area contributed by atoms with Crippen LogP contribution in [0.1, 0.15) is 16.8 Å². The van der Waals surface area contributed by atoms with E-state index in [-0.39, 0.29) is 11.5 Å². The Morgan fingerprint density at radius 1 is 1.14 bits per heavy atom. The third-order valence-electron chi connectivity index (χ3n) is 3.13. The van der Waals surface area contributed by atoms with E-state index < -0.39 is 0 Å². The number of aryl methyl sites for hydroxylation is 2. The maximum Gasteiger partial charge on any atom is 0.266 e. The highest BCUT2D eigenvalue weighted by atomic mass is 16.1. The number of nitrogens with zero attached hydrogens (tertiary/aromatic N) is 2. The number of hydrogen-bond acceptors (Lipinski definition) is 3. The SMILES string of the molecule is Cc1ccc(CC(=O)NCCn2nc(C)ccc2=O)cc1. The molecule has 110 valence electrons. The minimum atomic E-state index is -0.159. The van der Waals surface area contributed by atoms with Gasteiger partial charge in [0.25, 0.3) is 5.56 Å². The summed E-state index contributed by atoms with van der Waals surface area (Å²) in [5, 5.41) is 6.92. The topological polar surface area (TPSA) is 64.0 Å². The first kappa shape index (κ1) is 15.0. The highest BCUT2D eigenvalue weighted by molar-refractivity contribution is 5.78. The van der Waals surface area contributed by atoms with Gasteiger partial charge in [-0.2, -0.15) is 5.10 Å². The van der Waals surface area contributed by atoms with Crippen molar-refractivity contribution in [2.45, 2.75) is 26.8 Å². The number of aromatic nitrogens is 2. The molecule has 0 radical (unpaired) electrons. The van der Waals surface area contributed by atoms with Crippen molar-refractivity contribution >= 4 is 5.91 Å². The van der Waals surface area contributed by atoms with Crippen LogP contribution in [-0.2, 0) is 17.8 Å². The highest BCUT2D eigenvalue weighted by Gasteiger charge is 2.03. The monoisotopic (exact) mass is 285 g/mol. The Morgan fingerprint density at radius 3 is 2.57 bits per heavy atom. The fourth-order valence-corrected chi connectivity index (χ4v) is 1.97. The Morgan fingerprint density at radius 2 is 1.86 bits per heavy atom. The van der Waals surface area contributed by atoms with Gasteiger partial charge in [-0.1, -0.05) is 29.8 Å². The number of carbonyl (C=O) groups is 1. The van der Waals surface area contributed by atoms with Crippen LogP contribution < -0.4 is 10.9 Å².